The van der Waals surface area contributed by atoms with Crippen LogP contribution in [0.5, 0.6) is 23.0 Å². The molecule has 2 heteroatoms. The van der Waals surface area contributed by atoms with E-state index in [0.29, 0.717) is 0 Å². The van der Waals surface area contributed by atoms with Gasteiger partial charge in [0.1, 0.15) is 23.0 Å². The highest BCUT2D eigenvalue weighted by Gasteiger charge is 2.46. The minimum absolute atomic E-state index is 0.330. The molecule has 2 aliphatic heterocycles. The van der Waals surface area contributed by atoms with Gasteiger partial charge in [0.05, 0.1) is 0 Å². The highest BCUT2D eigenvalue weighted by molar-refractivity contribution is 5.85. The second-order valence-corrected chi connectivity index (χ2v) is 15.9. The molecular weight excluding hydrogens is 657 g/mol. The molecule has 0 aromatic heterocycles. The van der Waals surface area contributed by atoms with Crippen molar-refractivity contribution in [3.8, 4) is 34.1 Å². The summed E-state index contributed by atoms with van der Waals surface area (Å²) < 4.78 is 13.0. The number of para-hydroxylation sites is 4. The molecular formula is C52H44O2. The van der Waals surface area contributed by atoms with Gasteiger partial charge in [0, 0.05) is 38.5 Å². The topological polar surface area (TPSA) is 18.5 Å². The standard InChI is InChI=1S/C52H44O2/c1-5-6-15-34-24-26-35(27-25-34)50(2)40-30-28-36(51(3)42-16-7-11-20-46(42)53-47-21-12-8-17-43(47)51)32-38(40)39-33-37(29-31-41(39)50)52(4)44-18-9-13-22-48(44)54-49-23-14-10-19-45(49)52/h7-14,16-33H,5-6,15H2,1-4H3. The molecule has 54 heavy (non-hydrogen) atoms. The number of rotatable bonds is 6. The van der Waals surface area contributed by atoms with Crippen LogP contribution in [0.1, 0.15) is 96.2 Å². The molecule has 1 aliphatic carbocycles. The molecule has 10 rings (SSSR count). The fourth-order valence-electron chi connectivity index (χ4n) is 9.89. The summed E-state index contributed by atoms with van der Waals surface area (Å²) in [5.41, 5.74) is 14.1. The Morgan fingerprint density at radius 3 is 1.13 bits per heavy atom. The number of benzene rings is 7. The van der Waals surface area contributed by atoms with Crippen LogP contribution < -0.4 is 9.47 Å². The van der Waals surface area contributed by atoms with Gasteiger partial charge in [-0.05, 0) is 115 Å². The first-order valence-electron chi connectivity index (χ1n) is 19.5. The van der Waals surface area contributed by atoms with Crippen molar-refractivity contribution >= 4 is 0 Å². The molecule has 0 radical (unpaired) electrons. The molecule has 0 unspecified atom stereocenters. The lowest BCUT2D eigenvalue weighted by Crippen LogP contribution is -2.29. The first-order valence-corrected chi connectivity index (χ1v) is 19.5. The van der Waals surface area contributed by atoms with E-state index in [1.165, 1.54) is 79.6 Å². The summed E-state index contributed by atoms with van der Waals surface area (Å²) in [4.78, 5) is 0. The summed E-state index contributed by atoms with van der Waals surface area (Å²) in [5.74, 6) is 3.67. The van der Waals surface area contributed by atoms with E-state index in [1.807, 2.05) is 0 Å². The van der Waals surface area contributed by atoms with Crippen LogP contribution in [0.15, 0.2) is 158 Å². The first-order chi connectivity index (χ1) is 26.3. The van der Waals surface area contributed by atoms with Gasteiger partial charge >= 0.3 is 0 Å². The molecule has 7 aromatic rings. The lowest BCUT2D eigenvalue weighted by atomic mass is 9.68. The van der Waals surface area contributed by atoms with E-state index in [-0.39, 0.29) is 5.41 Å². The molecule has 0 saturated carbocycles. The molecule has 264 valence electrons. The number of aryl methyl sites for hydroxylation is 1. The van der Waals surface area contributed by atoms with Crippen LogP contribution in [0.4, 0.5) is 0 Å². The van der Waals surface area contributed by atoms with Gasteiger partial charge in [-0.2, -0.15) is 0 Å². The molecule has 0 spiro atoms. The van der Waals surface area contributed by atoms with Crippen LogP contribution in [0.2, 0.25) is 0 Å². The monoisotopic (exact) mass is 700 g/mol. The molecule has 0 amide bonds. The molecule has 2 heterocycles. The summed E-state index contributed by atoms with van der Waals surface area (Å²) in [6.07, 6.45) is 3.52. The van der Waals surface area contributed by atoms with E-state index in [2.05, 4.69) is 185 Å². The van der Waals surface area contributed by atoms with Crippen molar-refractivity contribution in [1.29, 1.82) is 0 Å². The van der Waals surface area contributed by atoms with E-state index < -0.39 is 10.8 Å². The van der Waals surface area contributed by atoms with Gasteiger partial charge < -0.3 is 9.47 Å². The second-order valence-electron chi connectivity index (χ2n) is 15.9. The van der Waals surface area contributed by atoms with Gasteiger partial charge in [-0.3, -0.25) is 0 Å². The fourth-order valence-corrected chi connectivity index (χ4v) is 9.89. The first kappa shape index (κ1) is 32.8. The maximum Gasteiger partial charge on any atom is 0.131 e. The smallest absolute Gasteiger partial charge is 0.131 e. The molecule has 0 N–H and O–H groups in total. The average molecular weight is 701 g/mol. The number of hydrogen-bond acceptors (Lipinski definition) is 2. The van der Waals surface area contributed by atoms with Crippen LogP contribution in [0, 0.1) is 0 Å². The maximum atomic E-state index is 6.51. The SMILES string of the molecule is CCCCc1ccc(C2(C)c3ccc(C4(C)c5ccccc5Oc5ccccc54)cc3-c3cc(C4(C)c5ccccc5Oc5ccccc54)ccc32)cc1. The zero-order valence-electron chi connectivity index (χ0n) is 31.4. The molecule has 0 fully saturated rings. The lowest BCUT2D eigenvalue weighted by molar-refractivity contribution is 0.427. The normalized spacial score (nSPS) is 16.0. The number of hydrogen-bond donors (Lipinski definition) is 0. The van der Waals surface area contributed by atoms with E-state index in [1.54, 1.807) is 0 Å². The minimum atomic E-state index is -0.414. The Morgan fingerprint density at radius 2 is 0.741 bits per heavy atom. The van der Waals surface area contributed by atoms with Crippen molar-refractivity contribution in [1.82, 2.24) is 0 Å². The second kappa shape index (κ2) is 12.1. The zero-order chi connectivity index (χ0) is 36.7. The molecule has 3 aliphatic rings. The van der Waals surface area contributed by atoms with Gasteiger partial charge in [-0.1, -0.05) is 135 Å². The van der Waals surface area contributed by atoms with E-state index in [0.717, 1.165) is 29.4 Å². The summed E-state index contributed by atoms with van der Waals surface area (Å²) in [6, 6.07) is 58.2. The van der Waals surface area contributed by atoms with Gasteiger partial charge in [0.25, 0.3) is 0 Å². The van der Waals surface area contributed by atoms with Crippen molar-refractivity contribution in [2.24, 2.45) is 0 Å². The Kier molecular flexibility index (Phi) is 7.33. The molecule has 0 saturated heterocycles. The number of unbranched alkanes of at least 4 members (excludes halogenated alkanes) is 1. The third-order valence-electron chi connectivity index (χ3n) is 13.1. The van der Waals surface area contributed by atoms with Crippen LogP contribution in [-0.2, 0) is 22.7 Å². The van der Waals surface area contributed by atoms with Gasteiger partial charge in [0.15, 0.2) is 0 Å². The van der Waals surface area contributed by atoms with Crippen LogP contribution in [-0.4, -0.2) is 0 Å². The summed E-state index contributed by atoms with van der Waals surface area (Å²) >= 11 is 0. The quantitative estimate of drug-likeness (QED) is 0.172. The number of ether oxygens (including phenoxy) is 2. The van der Waals surface area contributed by atoms with Crippen molar-refractivity contribution < 1.29 is 9.47 Å². The van der Waals surface area contributed by atoms with E-state index in [9.17, 15) is 0 Å². The molecule has 2 nitrogen and oxygen atoms in total. The third kappa shape index (κ3) is 4.53. The van der Waals surface area contributed by atoms with E-state index >= 15 is 0 Å². The average Bonchev–Trinajstić information content (AvgIpc) is 3.48. The van der Waals surface area contributed by atoms with Crippen molar-refractivity contribution in [3.63, 3.8) is 0 Å². The highest BCUT2D eigenvalue weighted by atomic mass is 16.5. The van der Waals surface area contributed by atoms with Crippen molar-refractivity contribution in [2.75, 3.05) is 0 Å². The Morgan fingerprint density at radius 1 is 0.389 bits per heavy atom. The minimum Gasteiger partial charge on any atom is -0.457 e. The fraction of sp³-hybridized carbons (Fsp3) is 0.192. The van der Waals surface area contributed by atoms with Crippen molar-refractivity contribution in [3.05, 3.63) is 213 Å². The largest absolute Gasteiger partial charge is 0.457 e. The highest BCUT2D eigenvalue weighted by Crippen LogP contribution is 2.58. The Hall–Kier alpha value is -5.86. The van der Waals surface area contributed by atoms with Gasteiger partial charge in [-0.25, -0.2) is 0 Å². The van der Waals surface area contributed by atoms with Crippen LogP contribution in [0.25, 0.3) is 11.1 Å². The van der Waals surface area contributed by atoms with E-state index in [4.69, 9.17) is 9.47 Å². The lowest BCUT2D eigenvalue weighted by Gasteiger charge is -2.38. The maximum absolute atomic E-state index is 6.51. The Labute approximate surface area is 319 Å². The molecule has 7 aromatic carbocycles. The van der Waals surface area contributed by atoms with Crippen molar-refractivity contribution in [2.45, 2.75) is 63.2 Å². The van der Waals surface area contributed by atoms with Crippen LogP contribution >= 0.6 is 0 Å². The molecule has 0 bridgehead atoms. The third-order valence-corrected chi connectivity index (χ3v) is 13.1. The predicted octanol–water partition coefficient (Wildman–Crippen LogP) is 13.3. The Balaban J connectivity index is 1.21. The number of fused-ring (bicyclic) bond motifs is 7. The molecule has 0 atom stereocenters. The summed E-state index contributed by atoms with van der Waals surface area (Å²) in [6.45, 7) is 9.43. The predicted molar refractivity (Wildman–Crippen MR) is 220 cm³/mol. The Bertz CT molecular complexity index is 2350. The zero-order valence-corrected chi connectivity index (χ0v) is 31.4. The summed E-state index contributed by atoms with van der Waals surface area (Å²) in [7, 11) is 0. The van der Waals surface area contributed by atoms with Gasteiger partial charge in [-0.15, -0.1) is 0 Å². The van der Waals surface area contributed by atoms with Gasteiger partial charge in [0.2, 0.25) is 0 Å². The summed E-state index contributed by atoms with van der Waals surface area (Å²) in [5, 5.41) is 0. The van der Waals surface area contributed by atoms with Crippen LogP contribution in [0.3, 0.4) is 0 Å².